The van der Waals surface area contributed by atoms with Gasteiger partial charge in [-0.1, -0.05) is 37.0 Å². The first-order valence-corrected chi connectivity index (χ1v) is 4.72. The molecule has 0 aromatic carbocycles. The van der Waals surface area contributed by atoms with Gasteiger partial charge in [0, 0.05) is 0 Å². The van der Waals surface area contributed by atoms with Gasteiger partial charge in [-0.05, 0) is 12.8 Å². The topological polar surface area (TPSA) is 38.4 Å². The normalized spacial score (nSPS) is 15.8. The predicted molar refractivity (Wildman–Crippen MR) is 48.5 cm³/mol. The summed E-state index contributed by atoms with van der Waals surface area (Å²) >= 11 is 11.1. The van der Waals surface area contributed by atoms with Gasteiger partial charge in [0.1, 0.15) is 11.1 Å². The Kier molecular flexibility index (Phi) is 7.28. The summed E-state index contributed by atoms with van der Waals surface area (Å²) in [5.41, 5.74) is -1.21. The number of rotatable bonds is 6. The van der Waals surface area contributed by atoms with Gasteiger partial charge in [0.2, 0.25) is 0 Å². The Hall–Kier alpha value is 0.525. The van der Waals surface area contributed by atoms with Crippen LogP contribution in [0.5, 0.6) is 0 Å². The Morgan fingerprint density at radius 1 is 1.17 bits per heavy atom. The maximum atomic E-state index is 10.9. The van der Waals surface area contributed by atoms with E-state index in [0.717, 1.165) is 0 Å². The van der Waals surface area contributed by atoms with Crippen LogP contribution in [0.4, 0.5) is 0 Å². The van der Waals surface area contributed by atoms with Crippen LogP contribution in [0.1, 0.15) is 26.7 Å². The van der Waals surface area contributed by atoms with Gasteiger partial charge >= 0.3 is 7.32 Å². The van der Waals surface area contributed by atoms with Crippen LogP contribution in [0.25, 0.3) is 0 Å². The highest BCUT2D eigenvalue weighted by molar-refractivity contribution is 6.37. The molecule has 0 bridgehead atoms. The zero-order valence-electron chi connectivity index (χ0n) is 7.13. The first-order chi connectivity index (χ1) is 5.60. The summed E-state index contributed by atoms with van der Waals surface area (Å²) in [6.45, 7) is 3.62. The van der Waals surface area contributed by atoms with Crippen molar-refractivity contribution in [1.82, 2.24) is 0 Å². The molecule has 0 aliphatic carbocycles. The number of hydrogen-bond donors (Lipinski definition) is 0. The molecule has 2 atom stereocenters. The van der Waals surface area contributed by atoms with Crippen molar-refractivity contribution in [3.05, 3.63) is 0 Å². The predicted octanol–water partition coefficient (Wildman–Crippen LogP) is 2.38. The number of hydrogen-bond acceptors (Lipinski definition) is 2. The van der Waals surface area contributed by atoms with E-state index in [9.17, 15) is 5.02 Å². The lowest BCUT2D eigenvalue weighted by Crippen LogP contribution is -2.27. The average molecular weight is 214 g/mol. The molecular formula is C6H12BCl2O3. The Morgan fingerprint density at radius 3 is 1.75 bits per heavy atom. The molecule has 0 rings (SSSR count). The van der Waals surface area contributed by atoms with Crippen LogP contribution in [0.15, 0.2) is 0 Å². The Balaban J connectivity index is 3.51. The molecule has 0 aromatic rings. The molecule has 71 valence electrons. The van der Waals surface area contributed by atoms with Crippen molar-refractivity contribution >= 4 is 30.5 Å². The summed E-state index contributed by atoms with van der Waals surface area (Å²) in [7, 11) is -1.59. The molecule has 0 spiro atoms. The van der Waals surface area contributed by atoms with Gasteiger partial charge < -0.3 is 9.31 Å². The van der Waals surface area contributed by atoms with E-state index in [2.05, 4.69) is 9.31 Å². The molecule has 0 fully saturated rings. The van der Waals surface area contributed by atoms with Gasteiger partial charge in [0.25, 0.3) is 0 Å². The summed E-state index contributed by atoms with van der Waals surface area (Å²) < 4.78 is 9.35. The quantitative estimate of drug-likeness (QED) is 0.502. The standard InChI is InChI=1S/C6H12BCl2O3/c1-3-5(8)11-7(10)12-6(9)4-2/h5-6H,3-4H2,1-2H3. The minimum Gasteiger partial charge on any atom is -0.368 e. The highest BCUT2D eigenvalue weighted by Gasteiger charge is 2.24. The largest absolute Gasteiger partial charge is 0.669 e. The molecule has 12 heavy (non-hydrogen) atoms. The molecular weight excluding hydrogens is 202 g/mol. The molecule has 0 heterocycles. The zero-order chi connectivity index (χ0) is 9.56. The first kappa shape index (κ1) is 12.5. The second kappa shape index (κ2) is 6.98. The lowest BCUT2D eigenvalue weighted by molar-refractivity contribution is 0.0832. The maximum absolute atomic E-state index is 10.9. The van der Waals surface area contributed by atoms with E-state index in [1.54, 1.807) is 0 Å². The fourth-order valence-electron chi connectivity index (χ4n) is 0.466. The van der Waals surface area contributed by atoms with Crippen molar-refractivity contribution in [2.75, 3.05) is 0 Å². The summed E-state index contributed by atoms with van der Waals surface area (Å²) in [5, 5.41) is 10.9. The first-order valence-electron chi connectivity index (χ1n) is 3.85. The summed E-state index contributed by atoms with van der Waals surface area (Å²) in [4.78, 5) is 0. The summed E-state index contributed by atoms with van der Waals surface area (Å²) in [6.07, 6.45) is 1.12. The SMILES string of the molecule is CCC(Cl)OB([O])OC(Cl)CC. The van der Waals surface area contributed by atoms with Crippen molar-refractivity contribution in [2.24, 2.45) is 0 Å². The highest BCUT2D eigenvalue weighted by atomic mass is 35.5. The lowest BCUT2D eigenvalue weighted by Gasteiger charge is -2.13. The molecule has 0 saturated heterocycles. The third-order valence-electron chi connectivity index (χ3n) is 1.16. The van der Waals surface area contributed by atoms with Crippen LogP contribution in [0, 0.1) is 0 Å². The third-order valence-corrected chi connectivity index (χ3v) is 1.98. The van der Waals surface area contributed by atoms with Gasteiger partial charge in [-0.25, -0.2) is 5.02 Å². The Bertz CT molecular complexity index is 105. The van der Waals surface area contributed by atoms with Gasteiger partial charge in [0.15, 0.2) is 0 Å². The van der Waals surface area contributed by atoms with Crippen LogP contribution in [-0.2, 0) is 14.3 Å². The minimum absolute atomic E-state index is 0.558. The molecule has 0 amide bonds. The molecule has 0 N–H and O–H groups in total. The van der Waals surface area contributed by atoms with Crippen LogP contribution in [0.2, 0.25) is 0 Å². The number of alkyl halides is 2. The Labute approximate surface area is 83.1 Å². The van der Waals surface area contributed by atoms with E-state index in [-0.39, 0.29) is 0 Å². The summed E-state index contributed by atoms with van der Waals surface area (Å²) in [5.74, 6) is 0. The van der Waals surface area contributed by atoms with E-state index in [1.807, 2.05) is 13.8 Å². The monoisotopic (exact) mass is 213 g/mol. The lowest BCUT2D eigenvalue weighted by atomic mass is 10.2. The fraction of sp³-hybridized carbons (Fsp3) is 1.00. The van der Waals surface area contributed by atoms with Crippen LogP contribution in [-0.4, -0.2) is 18.4 Å². The maximum Gasteiger partial charge on any atom is 0.669 e. The highest BCUT2D eigenvalue weighted by Crippen LogP contribution is 2.09. The van der Waals surface area contributed by atoms with E-state index in [1.165, 1.54) is 0 Å². The van der Waals surface area contributed by atoms with Gasteiger partial charge in [-0.3, -0.25) is 0 Å². The van der Waals surface area contributed by atoms with E-state index in [0.29, 0.717) is 12.8 Å². The van der Waals surface area contributed by atoms with Crippen molar-refractivity contribution < 1.29 is 14.3 Å². The molecule has 0 aromatic heterocycles. The van der Waals surface area contributed by atoms with E-state index in [4.69, 9.17) is 23.2 Å². The molecule has 6 heteroatoms. The zero-order valence-corrected chi connectivity index (χ0v) is 8.64. The molecule has 0 aliphatic rings. The smallest absolute Gasteiger partial charge is 0.368 e. The number of halogens is 2. The minimum atomic E-state index is -1.59. The van der Waals surface area contributed by atoms with Gasteiger partial charge in [-0.2, -0.15) is 0 Å². The van der Waals surface area contributed by atoms with Crippen molar-refractivity contribution in [3.63, 3.8) is 0 Å². The van der Waals surface area contributed by atoms with Crippen LogP contribution < -0.4 is 0 Å². The van der Waals surface area contributed by atoms with Crippen molar-refractivity contribution in [2.45, 2.75) is 37.8 Å². The molecule has 1 radical (unpaired) electrons. The van der Waals surface area contributed by atoms with Gasteiger partial charge in [0.05, 0.1) is 0 Å². The van der Waals surface area contributed by atoms with E-state index < -0.39 is 18.4 Å². The van der Waals surface area contributed by atoms with Crippen LogP contribution in [0.3, 0.4) is 0 Å². The van der Waals surface area contributed by atoms with Crippen LogP contribution >= 0.6 is 23.2 Å². The Morgan fingerprint density at radius 2 is 1.50 bits per heavy atom. The average Bonchev–Trinajstić information content (AvgIpc) is 2.03. The third kappa shape index (κ3) is 6.09. The molecule has 0 saturated carbocycles. The summed E-state index contributed by atoms with van der Waals surface area (Å²) in [6, 6.07) is 0. The van der Waals surface area contributed by atoms with Crippen molar-refractivity contribution in [3.8, 4) is 0 Å². The van der Waals surface area contributed by atoms with Crippen molar-refractivity contribution in [1.29, 1.82) is 0 Å². The second-order valence-electron chi connectivity index (χ2n) is 2.20. The van der Waals surface area contributed by atoms with Gasteiger partial charge in [-0.15, -0.1) is 0 Å². The molecule has 3 nitrogen and oxygen atoms in total. The second-order valence-corrected chi connectivity index (χ2v) is 3.17. The van der Waals surface area contributed by atoms with E-state index >= 15 is 0 Å². The molecule has 0 aliphatic heterocycles. The fourth-order valence-corrected chi connectivity index (χ4v) is 0.634. The molecule has 2 unspecified atom stereocenters.